The van der Waals surface area contributed by atoms with Crippen LogP contribution in [0.3, 0.4) is 0 Å². The summed E-state index contributed by atoms with van der Waals surface area (Å²) in [5.41, 5.74) is 0.200. The maximum absolute atomic E-state index is 14.9. The molecule has 2 aromatic heterocycles. The summed E-state index contributed by atoms with van der Waals surface area (Å²) in [6.07, 6.45) is 0. The summed E-state index contributed by atoms with van der Waals surface area (Å²) in [4.78, 5) is 18.7. The van der Waals surface area contributed by atoms with Crippen molar-refractivity contribution in [3.63, 3.8) is 0 Å². The second kappa shape index (κ2) is 9.21. The Labute approximate surface area is 264 Å². The molecule has 230 valence electrons. The minimum atomic E-state index is -1.30. The third-order valence-electron chi connectivity index (χ3n) is 8.81. The zero-order valence-electron chi connectivity index (χ0n) is 23.9. The number of amidine groups is 2. The summed E-state index contributed by atoms with van der Waals surface area (Å²) in [6.45, 7) is 0. The van der Waals surface area contributed by atoms with E-state index in [1.165, 1.54) is 8.96 Å². The standard InChI is InChI=1S/C34H13BF6N6O/c36-22-8-16-17(9-23(22)37)30-42-29(16)43-31-18-10-24(38)26(40)12-20(18)33-45-34-21-13-27(41)25(39)11-19(21)32(44-30)47(34)35(46(31)33)48-28-7-3-5-14-4-1-2-6-15(14)28/h1-13H/b43-29-,43-31?,44-30?,44-32-. The summed E-state index contributed by atoms with van der Waals surface area (Å²) in [5, 5.41) is 2.01. The Balaban J connectivity index is 1.43. The number of fused-ring (bicyclic) bond motifs is 11. The molecule has 0 fully saturated rings. The molecule has 3 aliphatic heterocycles. The number of hydrogen-bond acceptors (Lipinski definition) is 5. The van der Waals surface area contributed by atoms with E-state index in [9.17, 15) is 26.3 Å². The van der Waals surface area contributed by atoms with Gasteiger partial charge in [0.15, 0.2) is 46.6 Å². The first-order valence-corrected chi connectivity index (χ1v) is 14.6. The van der Waals surface area contributed by atoms with E-state index in [4.69, 9.17) is 19.6 Å². The van der Waals surface area contributed by atoms with Crippen molar-refractivity contribution in [2.75, 3.05) is 0 Å². The summed E-state index contributed by atoms with van der Waals surface area (Å²) < 4.78 is 98.6. The predicted octanol–water partition coefficient (Wildman–Crippen LogP) is 6.78. The molecule has 0 atom stereocenters. The molecule has 0 saturated heterocycles. The normalized spacial score (nSPS) is 16.0. The van der Waals surface area contributed by atoms with E-state index in [0.717, 1.165) is 47.2 Å². The fourth-order valence-corrected chi connectivity index (χ4v) is 6.67. The molecule has 10 rings (SSSR count). The van der Waals surface area contributed by atoms with Crippen molar-refractivity contribution < 1.29 is 31.0 Å². The molecule has 5 heterocycles. The average Bonchev–Trinajstić information content (AvgIpc) is 3.66. The number of hydrogen-bond donors (Lipinski definition) is 0. The van der Waals surface area contributed by atoms with Crippen LogP contribution in [-0.2, 0) is 0 Å². The molecule has 0 unspecified atom stereocenters. The fourth-order valence-electron chi connectivity index (χ4n) is 6.67. The molecule has 0 spiro atoms. The lowest BCUT2D eigenvalue weighted by Gasteiger charge is -2.23. The van der Waals surface area contributed by atoms with E-state index in [2.05, 4.69) is 4.99 Å². The fraction of sp³-hybridized carbons (Fsp3) is 0. The SMILES string of the molecule is Fc1cc2c(cc1F)/C1=N/c3c4cc(F)c(F)cc4c4n3B(Oc3cccc5ccccc35)n3c(c5cc(F)c(F)cc5/c3=N/C2=N1)=N4. The van der Waals surface area contributed by atoms with Crippen LogP contribution < -0.4 is 15.6 Å². The van der Waals surface area contributed by atoms with E-state index >= 15 is 0 Å². The van der Waals surface area contributed by atoms with E-state index in [0.29, 0.717) is 5.75 Å². The van der Waals surface area contributed by atoms with Crippen LogP contribution in [0.5, 0.6) is 5.75 Å². The van der Waals surface area contributed by atoms with Crippen LogP contribution >= 0.6 is 0 Å². The van der Waals surface area contributed by atoms with Gasteiger partial charge in [-0.2, -0.15) is 0 Å². The topological polar surface area (TPSA) is 68.5 Å². The highest BCUT2D eigenvalue weighted by atomic mass is 19.2. The zero-order valence-corrected chi connectivity index (χ0v) is 23.9. The quantitative estimate of drug-likeness (QED) is 0.151. The molecule has 7 aromatic rings. The number of benzene rings is 5. The summed E-state index contributed by atoms with van der Waals surface area (Å²) in [7, 11) is -1.30. The Morgan fingerprint density at radius 3 is 1.67 bits per heavy atom. The molecular formula is C34H13BF6N6O. The zero-order chi connectivity index (χ0) is 32.6. The average molecular weight is 646 g/mol. The van der Waals surface area contributed by atoms with Gasteiger partial charge in [0.1, 0.15) is 28.4 Å². The third-order valence-corrected chi connectivity index (χ3v) is 8.81. The summed E-state index contributed by atoms with van der Waals surface area (Å²) in [6, 6.07) is 18.5. The molecule has 0 aliphatic carbocycles. The molecule has 7 nitrogen and oxygen atoms in total. The van der Waals surface area contributed by atoms with E-state index in [-0.39, 0.29) is 67.0 Å². The molecule has 4 bridgehead atoms. The molecule has 0 N–H and O–H groups in total. The van der Waals surface area contributed by atoms with Gasteiger partial charge < -0.3 is 4.65 Å². The minimum absolute atomic E-state index is 0.00260. The second-order valence-electron chi connectivity index (χ2n) is 11.5. The third kappa shape index (κ3) is 3.51. The van der Waals surface area contributed by atoms with Gasteiger partial charge in [-0.05, 0) is 47.9 Å². The van der Waals surface area contributed by atoms with Crippen LogP contribution in [-0.4, -0.2) is 27.8 Å². The number of aliphatic imine (C=N–C) groups is 2. The number of nitrogens with zero attached hydrogens (tertiary/aromatic N) is 6. The molecule has 3 aliphatic rings. The van der Waals surface area contributed by atoms with Crippen molar-refractivity contribution in [3.05, 3.63) is 136 Å². The van der Waals surface area contributed by atoms with Crippen molar-refractivity contribution in [3.8, 4) is 5.75 Å². The van der Waals surface area contributed by atoms with Crippen molar-refractivity contribution in [2.24, 2.45) is 20.0 Å². The Bertz CT molecular complexity index is 2860. The van der Waals surface area contributed by atoms with Crippen LogP contribution in [0.25, 0.3) is 32.3 Å². The first kappa shape index (κ1) is 27.0. The van der Waals surface area contributed by atoms with Gasteiger partial charge in [-0.1, -0.05) is 36.4 Å². The molecule has 14 heteroatoms. The molecule has 0 amide bonds. The first-order valence-electron chi connectivity index (χ1n) is 14.6. The number of aromatic nitrogens is 2. The van der Waals surface area contributed by atoms with Gasteiger partial charge in [0.05, 0.1) is 0 Å². The highest BCUT2D eigenvalue weighted by Crippen LogP contribution is 2.42. The van der Waals surface area contributed by atoms with Crippen LogP contribution in [0, 0.1) is 34.9 Å². The van der Waals surface area contributed by atoms with Crippen molar-refractivity contribution in [2.45, 2.75) is 0 Å². The largest absolute Gasteiger partial charge is 0.633 e. The predicted molar refractivity (Wildman–Crippen MR) is 166 cm³/mol. The highest BCUT2D eigenvalue weighted by Gasteiger charge is 2.41. The van der Waals surface area contributed by atoms with Gasteiger partial charge >= 0.3 is 7.19 Å². The van der Waals surface area contributed by atoms with Gasteiger partial charge in [-0.15, -0.1) is 0 Å². The molecule has 0 saturated carbocycles. The summed E-state index contributed by atoms with van der Waals surface area (Å²) in [5.74, 6) is -6.80. The van der Waals surface area contributed by atoms with Crippen molar-refractivity contribution in [1.82, 2.24) is 8.96 Å². The van der Waals surface area contributed by atoms with E-state index < -0.39 is 42.1 Å². The molecular weight excluding hydrogens is 633 g/mol. The maximum Gasteiger partial charge on any atom is 0.633 e. The Morgan fingerprint density at radius 1 is 0.479 bits per heavy atom. The smallest absolute Gasteiger partial charge is 0.522 e. The highest BCUT2D eigenvalue weighted by molar-refractivity contribution is 6.52. The molecule has 48 heavy (non-hydrogen) atoms. The second-order valence-corrected chi connectivity index (χ2v) is 11.5. The van der Waals surface area contributed by atoms with Gasteiger partial charge in [0.25, 0.3) is 0 Å². The lowest BCUT2D eigenvalue weighted by atomic mass is 9.97. The minimum Gasteiger partial charge on any atom is -0.522 e. The van der Waals surface area contributed by atoms with Crippen molar-refractivity contribution >= 4 is 62.8 Å². The lowest BCUT2D eigenvalue weighted by molar-refractivity contribution is 0.508. The Hall–Kier alpha value is -6.18. The summed E-state index contributed by atoms with van der Waals surface area (Å²) >= 11 is 0. The van der Waals surface area contributed by atoms with E-state index in [1.807, 2.05) is 30.3 Å². The Kier molecular flexibility index (Phi) is 5.18. The van der Waals surface area contributed by atoms with Crippen LogP contribution in [0.4, 0.5) is 38.0 Å². The monoisotopic (exact) mass is 646 g/mol. The van der Waals surface area contributed by atoms with Crippen molar-refractivity contribution in [1.29, 1.82) is 0 Å². The lowest BCUT2D eigenvalue weighted by Crippen LogP contribution is -2.52. The first-order chi connectivity index (χ1) is 23.2. The number of halogens is 6. The van der Waals surface area contributed by atoms with Gasteiger partial charge in [-0.25, -0.2) is 46.3 Å². The van der Waals surface area contributed by atoms with Gasteiger partial charge in [-0.3, -0.25) is 8.96 Å². The van der Waals surface area contributed by atoms with Crippen LogP contribution in [0.1, 0.15) is 11.1 Å². The van der Waals surface area contributed by atoms with Gasteiger partial charge in [0, 0.05) is 38.1 Å². The van der Waals surface area contributed by atoms with Gasteiger partial charge in [0.2, 0.25) is 0 Å². The Morgan fingerprint density at radius 2 is 1.00 bits per heavy atom. The molecule has 0 radical (unpaired) electrons. The molecule has 5 aromatic carbocycles. The van der Waals surface area contributed by atoms with Crippen LogP contribution in [0.15, 0.2) is 98.8 Å². The van der Waals surface area contributed by atoms with E-state index in [1.54, 1.807) is 12.1 Å². The maximum atomic E-state index is 14.9. The number of rotatable bonds is 2. The van der Waals surface area contributed by atoms with Crippen LogP contribution in [0.2, 0.25) is 0 Å².